The first-order valence-electron chi connectivity index (χ1n) is 7.77. The zero-order valence-corrected chi connectivity index (χ0v) is 14.5. The maximum absolute atomic E-state index is 13.7. The fourth-order valence-electron chi connectivity index (χ4n) is 2.22. The third kappa shape index (κ3) is 4.02. The highest BCUT2D eigenvalue weighted by atomic mass is 19.1. The normalized spacial score (nSPS) is 11.1. The van der Waals surface area contributed by atoms with Crippen molar-refractivity contribution < 1.29 is 18.4 Å². The molecule has 0 saturated carbocycles. The lowest BCUT2D eigenvalue weighted by atomic mass is 9.90. The van der Waals surface area contributed by atoms with Crippen LogP contribution in [0.25, 0.3) is 0 Å². The second-order valence-electron chi connectivity index (χ2n) is 6.45. The zero-order valence-electron chi connectivity index (χ0n) is 14.5. The second-order valence-corrected chi connectivity index (χ2v) is 6.45. The SMILES string of the molecule is Cc1ccc(NC(=O)C(C)(C)C(=O)Nc2c(F)cccc2F)c(C)c1. The Kier molecular flexibility index (Phi) is 5.21. The first kappa shape index (κ1) is 18.6. The number of carbonyl (C=O) groups excluding carboxylic acids is 2. The fourth-order valence-corrected chi connectivity index (χ4v) is 2.22. The van der Waals surface area contributed by atoms with Gasteiger partial charge in [0.2, 0.25) is 11.8 Å². The second kappa shape index (κ2) is 7.01. The van der Waals surface area contributed by atoms with Crippen molar-refractivity contribution in [3.8, 4) is 0 Å². The predicted octanol–water partition coefficient (Wildman–Crippen LogP) is 4.19. The van der Waals surface area contributed by atoms with E-state index in [1.54, 1.807) is 6.07 Å². The van der Waals surface area contributed by atoms with Crippen molar-refractivity contribution in [1.82, 2.24) is 0 Å². The van der Waals surface area contributed by atoms with Crippen molar-refractivity contribution in [3.63, 3.8) is 0 Å². The first-order valence-corrected chi connectivity index (χ1v) is 7.77. The van der Waals surface area contributed by atoms with Crippen LogP contribution in [0, 0.1) is 30.9 Å². The van der Waals surface area contributed by atoms with Gasteiger partial charge >= 0.3 is 0 Å². The van der Waals surface area contributed by atoms with Crippen LogP contribution < -0.4 is 10.6 Å². The number of aryl methyl sites for hydroxylation is 2. The van der Waals surface area contributed by atoms with Crippen molar-refractivity contribution in [3.05, 3.63) is 59.2 Å². The van der Waals surface area contributed by atoms with Crippen LogP contribution in [0.1, 0.15) is 25.0 Å². The van der Waals surface area contributed by atoms with E-state index in [4.69, 9.17) is 0 Å². The van der Waals surface area contributed by atoms with Crippen LogP contribution in [0.5, 0.6) is 0 Å². The summed E-state index contributed by atoms with van der Waals surface area (Å²) in [6, 6.07) is 8.73. The Bertz CT molecular complexity index is 812. The molecule has 0 aromatic heterocycles. The number of nitrogens with one attached hydrogen (secondary N) is 2. The lowest BCUT2D eigenvalue weighted by Crippen LogP contribution is -2.42. The molecular formula is C19H20F2N2O2. The van der Waals surface area contributed by atoms with Gasteiger partial charge in [-0.15, -0.1) is 0 Å². The van der Waals surface area contributed by atoms with Gasteiger partial charge in [-0.2, -0.15) is 0 Å². The lowest BCUT2D eigenvalue weighted by Gasteiger charge is -2.23. The molecule has 2 aromatic carbocycles. The third-order valence-corrected chi connectivity index (χ3v) is 3.97. The average molecular weight is 346 g/mol. The van der Waals surface area contributed by atoms with Crippen LogP contribution in [0.4, 0.5) is 20.2 Å². The van der Waals surface area contributed by atoms with E-state index in [2.05, 4.69) is 10.6 Å². The van der Waals surface area contributed by atoms with E-state index in [1.165, 1.54) is 19.9 Å². The van der Waals surface area contributed by atoms with Crippen LogP contribution in [0.2, 0.25) is 0 Å². The van der Waals surface area contributed by atoms with Gasteiger partial charge in [-0.05, 0) is 51.5 Å². The molecule has 0 saturated heterocycles. The molecule has 2 amide bonds. The molecule has 0 aliphatic carbocycles. The Labute approximate surface area is 145 Å². The van der Waals surface area contributed by atoms with Gasteiger partial charge in [0.05, 0.1) is 0 Å². The van der Waals surface area contributed by atoms with Gasteiger partial charge in [0.1, 0.15) is 22.7 Å². The standard InChI is InChI=1S/C19H20F2N2O2/c1-11-8-9-15(12(2)10-11)22-17(24)19(3,4)18(25)23-16-13(20)6-5-7-14(16)21/h5-10H,1-4H3,(H,22,24)(H,23,25). The lowest BCUT2D eigenvalue weighted by molar-refractivity contribution is -0.135. The molecule has 2 aromatic rings. The largest absolute Gasteiger partial charge is 0.325 e. The van der Waals surface area contributed by atoms with E-state index >= 15 is 0 Å². The minimum Gasteiger partial charge on any atom is -0.325 e. The molecule has 2 N–H and O–H groups in total. The van der Waals surface area contributed by atoms with Crippen molar-refractivity contribution >= 4 is 23.2 Å². The molecule has 0 atom stereocenters. The number of anilines is 2. The van der Waals surface area contributed by atoms with E-state index in [0.717, 1.165) is 23.3 Å². The van der Waals surface area contributed by atoms with E-state index in [1.807, 2.05) is 26.0 Å². The summed E-state index contributed by atoms with van der Waals surface area (Å²) in [5, 5.41) is 4.85. The van der Waals surface area contributed by atoms with Crippen LogP contribution >= 0.6 is 0 Å². The van der Waals surface area contributed by atoms with E-state index in [-0.39, 0.29) is 0 Å². The van der Waals surface area contributed by atoms with Gasteiger partial charge in [-0.3, -0.25) is 9.59 Å². The summed E-state index contributed by atoms with van der Waals surface area (Å²) in [4.78, 5) is 24.9. The summed E-state index contributed by atoms with van der Waals surface area (Å²) in [6.45, 7) is 6.54. The third-order valence-electron chi connectivity index (χ3n) is 3.97. The number of benzene rings is 2. The Morgan fingerprint density at radius 1 is 0.920 bits per heavy atom. The average Bonchev–Trinajstić information content (AvgIpc) is 2.53. The summed E-state index contributed by atoms with van der Waals surface area (Å²) in [7, 11) is 0. The summed E-state index contributed by atoms with van der Waals surface area (Å²) >= 11 is 0. The van der Waals surface area contributed by atoms with Gasteiger partial charge < -0.3 is 10.6 Å². The molecular weight excluding hydrogens is 326 g/mol. The molecule has 0 bridgehead atoms. The van der Waals surface area contributed by atoms with Gasteiger partial charge in [-0.25, -0.2) is 8.78 Å². The Hall–Kier alpha value is -2.76. The Balaban J connectivity index is 2.18. The van der Waals surface area contributed by atoms with Crippen molar-refractivity contribution in [1.29, 1.82) is 0 Å². The monoisotopic (exact) mass is 346 g/mol. The minimum atomic E-state index is -1.54. The molecule has 0 aliphatic rings. The molecule has 132 valence electrons. The molecule has 0 aliphatic heterocycles. The summed E-state index contributed by atoms with van der Waals surface area (Å²) in [5.41, 5.74) is 0.368. The maximum atomic E-state index is 13.7. The Morgan fingerprint density at radius 3 is 2.04 bits per heavy atom. The number of hydrogen-bond donors (Lipinski definition) is 2. The maximum Gasteiger partial charge on any atom is 0.239 e. The highest BCUT2D eigenvalue weighted by Crippen LogP contribution is 2.25. The van der Waals surface area contributed by atoms with E-state index in [0.29, 0.717) is 5.69 Å². The molecule has 0 radical (unpaired) electrons. The summed E-state index contributed by atoms with van der Waals surface area (Å²) in [6.07, 6.45) is 0. The molecule has 2 rings (SSSR count). The van der Waals surface area contributed by atoms with Gasteiger partial charge in [0.25, 0.3) is 0 Å². The van der Waals surface area contributed by atoms with Gasteiger partial charge in [0.15, 0.2) is 0 Å². The van der Waals surface area contributed by atoms with Gasteiger partial charge in [0, 0.05) is 5.69 Å². The van der Waals surface area contributed by atoms with Crippen molar-refractivity contribution in [2.75, 3.05) is 10.6 Å². The quantitative estimate of drug-likeness (QED) is 0.816. The topological polar surface area (TPSA) is 58.2 Å². The number of rotatable bonds is 4. The van der Waals surface area contributed by atoms with Crippen molar-refractivity contribution in [2.24, 2.45) is 5.41 Å². The molecule has 0 unspecified atom stereocenters. The van der Waals surface area contributed by atoms with Crippen LogP contribution in [-0.4, -0.2) is 11.8 Å². The van der Waals surface area contributed by atoms with E-state index < -0.39 is 34.6 Å². The van der Waals surface area contributed by atoms with Crippen molar-refractivity contribution in [2.45, 2.75) is 27.7 Å². The highest BCUT2D eigenvalue weighted by molar-refractivity contribution is 6.14. The number of halogens is 2. The van der Waals surface area contributed by atoms with Crippen LogP contribution in [-0.2, 0) is 9.59 Å². The number of para-hydroxylation sites is 1. The van der Waals surface area contributed by atoms with E-state index in [9.17, 15) is 18.4 Å². The fraction of sp³-hybridized carbons (Fsp3) is 0.263. The number of hydrogen-bond acceptors (Lipinski definition) is 2. The van der Waals surface area contributed by atoms with Gasteiger partial charge in [-0.1, -0.05) is 23.8 Å². The molecule has 0 spiro atoms. The first-order chi connectivity index (χ1) is 11.6. The summed E-state index contributed by atoms with van der Waals surface area (Å²) < 4.78 is 27.4. The zero-order chi connectivity index (χ0) is 18.8. The molecule has 6 heteroatoms. The summed E-state index contributed by atoms with van der Waals surface area (Å²) in [5.74, 6) is -3.19. The Morgan fingerprint density at radius 2 is 1.48 bits per heavy atom. The van der Waals surface area contributed by atoms with Crippen LogP contribution in [0.15, 0.2) is 36.4 Å². The van der Waals surface area contributed by atoms with Crippen LogP contribution in [0.3, 0.4) is 0 Å². The number of amides is 2. The smallest absolute Gasteiger partial charge is 0.239 e. The molecule has 0 fully saturated rings. The highest BCUT2D eigenvalue weighted by Gasteiger charge is 2.37. The molecule has 25 heavy (non-hydrogen) atoms. The molecule has 0 heterocycles. The number of carbonyl (C=O) groups is 2. The molecule has 4 nitrogen and oxygen atoms in total. The minimum absolute atomic E-state index is 0.570. The predicted molar refractivity (Wildman–Crippen MR) is 93.3 cm³/mol.